The van der Waals surface area contributed by atoms with Crippen LogP contribution in [-0.4, -0.2) is 48.6 Å². The first-order chi connectivity index (χ1) is 11.6. The van der Waals surface area contributed by atoms with E-state index in [9.17, 15) is 14.7 Å². The predicted octanol–water partition coefficient (Wildman–Crippen LogP) is 1.46. The van der Waals surface area contributed by atoms with Crippen molar-refractivity contribution in [2.24, 2.45) is 0 Å². The first kappa shape index (κ1) is 16.1. The molecule has 0 aliphatic carbocycles. The summed E-state index contributed by atoms with van der Waals surface area (Å²) < 4.78 is 4.77. The van der Waals surface area contributed by atoms with Gasteiger partial charge in [-0.3, -0.25) is 9.78 Å². The van der Waals surface area contributed by atoms with Gasteiger partial charge in [-0.25, -0.2) is 4.79 Å². The second kappa shape index (κ2) is 6.80. The number of benzene rings is 1. The van der Waals surface area contributed by atoms with Crippen LogP contribution in [0.15, 0.2) is 36.5 Å². The van der Waals surface area contributed by atoms with E-state index in [1.165, 1.54) is 7.11 Å². The van der Waals surface area contributed by atoms with Crippen LogP contribution in [0.2, 0.25) is 0 Å². The molecule has 2 heterocycles. The zero-order valence-electron chi connectivity index (χ0n) is 13.4. The van der Waals surface area contributed by atoms with Crippen LogP contribution in [0.1, 0.15) is 16.1 Å². The number of aliphatic hydroxyl groups is 1. The summed E-state index contributed by atoms with van der Waals surface area (Å²) in [6, 6.07) is 9.00. The number of ether oxygens (including phenoxy) is 1. The first-order valence-electron chi connectivity index (χ1n) is 7.68. The summed E-state index contributed by atoms with van der Waals surface area (Å²) in [5, 5.41) is 9.31. The molecular weight excluding hydrogens is 308 g/mol. The summed E-state index contributed by atoms with van der Waals surface area (Å²) in [6.07, 6.45) is 1.94. The minimum absolute atomic E-state index is 0.0523. The number of fused-ring (bicyclic) bond motifs is 1. The van der Waals surface area contributed by atoms with E-state index in [4.69, 9.17) is 4.74 Å². The fraction of sp³-hybridized carbons (Fsp3) is 0.278. The van der Waals surface area contributed by atoms with E-state index in [0.717, 1.165) is 16.8 Å². The molecule has 1 aromatic heterocycles. The van der Waals surface area contributed by atoms with E-state index in [-0.39, 0.29) is 25.4 Å². The molecule has 0 unspecified atom stereocenters. The highest BCUT2D eigenvalue weighted by molar-refractivity contribution is 5.95. The molecule has 2 aromatic rings. The Kier molecular flexibility index (Phi) is 4.57. The molecule has 6 nitrogen and oxygen atoms in total. The maximum Gasteiger partial charge on any atom is 0.337 e. The first-order valence-corrected chi connectivity index (χ1v) is 7.68. The minimum atomic E-state index is -0.401. The average Bonchev–Trinajstić information content (AvgIpc) is 2.60. The van der Waals surface area contributed by atoms with Crippen LogP contribution in [0, 0.1) is 0 Å². The third kappa shape index (κ3) is 3.00. The van der Waals surface area contributed by atoms with Crippen LogP contribution < -0.4 is 4.90 Å². The van der Waals surface area contributed by atoms with Gasteiger partial charge in [0.15, 0.2) is 5.78 Å². The van der Waals surface area contributed by atoms with Crippen molar-refractivity contribution >= 4 is 17.4 Å². The van der Waals surface area contributed by atoms with Gasteiger partial charge in [-0.1, -0.05) is 12.1 Å². The molecule has 0 spiro atoms. The van der Waals surface area contributed by atoms with Gasteiger partial charge in [0.2, 0.25) is 0 Å². The van der Waals surface area contributed by atoms with Crippen molar-refractivity contribution in [2.45, 2.75) is 6.42 Å². The highest BCUT2D eigenvalue weighted by atomic mass is 16.5. The standard InChI is InChI=1S/C18H18N2O4/c1-24-18(23)13-4-2-3-12(9-13)15-5-6-19-16-10-14(22)11-20(7-8-21)17(15)16/h2-6,9,21H,7-8,10-11H2,1H3. The monoisotopic (exact) mass is 326 g/mol. The number of anilines is 1. The molecule has 1 aliphatic rings. The van der Waals surface area contributed by atoms with E-state index >= 15 is 0 Å². The maximum absolute atomic E-state index is 11.9. The Hall–Kier alpha value is -2.73. The molecule has 1 aliphatic heterocycles. The van der Waals surface area contributed by atoms with Crippen LogP contribution in [-0.2, 0) is 16.0 Å². The van der Waals surface area contributed by atoms with Gasteiger partial charge in [0.1, 0.15) is 0 Å². The number of aromatic nitrogens is 1. The maximum atomic E-state index is 11.9. The highest BCUT2D eigenvalue weighted by Crippen LogP contribution is 2.35. The number of carbonyl (C=O) groups excluding carboxylic acids is 2. The number of ketones is 1. The van der Waals surface area contributed by atoms with E-state index in [1.54, 1.807) is 24.4 Å². The van der Waals surface area contributed by atoms with E-state index in [0.29, 0.717) is 17.8 Å². The molecule has 0 atom stereocenters. The van der Waals surface area contributed by atoms with Crippen LogP contribution in [0.3, 0.4) is 0 Å². The van der Waals surface area contributed by atoms with Crippen molar-refractivity contribution in [1.82, 2.24) is 4.98 Å². The van der Waals surface area contributed by atoms with Crippen molar-refractivity contribution < 1.29 is 19.4 Å². The topological polar surface area (TPSA) is 79.7 Å². The molecule has 6 heteroatoms. The average molecular weight is 326 g/mol. The Morgan fingerprint density at radius 3 is 2.96 bits per heavy atom. The van der Waals surface area contributed by atoms with Crippen molar-refractivity contribution in [3.05, 3.63) is 47.8 Å². The third-order valence-electron chi connectivity index (χ3n) is 4.01. The second-order valence-corrected chi connectivity index (χ2v) is 5.59. The second-order valence-electron chi connectivity index (χ2n) is 5.59. The summed E-state index contributed by atoms with van der Waals surface area (Å²) in [6.45, 7) is 0.556. The molecule has 24 heavy (non-hydrogen) atoms. The van der Waals surface area contributed by atoms with E-state index in [2.05, 4.69) is 4.98 Å². The SMILES string of the molecule is COC(=O)c1cccc(-c2ccnc3c2N(CCO)CC(=O)C3)c1. The largest absolute Gasteiger partial charge is 0.465 e. The fourth-order valence-electron chi connectivity index (χ4n) is 2.99. The Labute approximate surface area is 139 Å². The normalized spacial score (nSPS) is 13.6. The summed E-state index contributed by atoms with van der Waals surface area (Å²) in [7, 11) is 1.35. The molecular formula is C18H18N2O4. The van der Waals surface area contributed by atoms with Gasteiger partial charge in [-0.15, -0.1) is 0 Å². The molecule has 0 amide bonds. The fourth-order valence-corrected chi connectivity index (χ4v) is 2.99. The lowest BCUT2D eigenvalue weighted by atomic mass is 9.96. The number of pyridine rings is 1. The number of rotatable bonds is 4. The Morgan fingerprint density at radius 1 is 1.38 bits per heavy atom. The van der Waals surface area contributed by atoms with Crippen LogP contribution in [0.4, 0.5) is 5.69 Å². The highest BCUT2D eigenvalue weighted by Gasteiger charge is 2.26. The van der Waals surface area contributed by atoms with Crippen molar-refractivity contribution in [3.8, 4) is 11.1 Å². The summed E-state index contributed by atoms with van der Waals surface area (Å²) >= 11 is 0. The Bertz CT molecular complexity index is 788. The van der Waals surface area contributed by atoms with Crippen LogP contribution in [0.25, 0.3) is 11.1 Å². The quantitative estimate of drug-likeness (QED) is 0.857. The molecule has 0 saturated heterocycles. The Balaban J connectivity index is 2.11. The summed E-state index contributed by atoms with van der Waals surface area (Å²) in [5.74, 6) is -0.328. The number of nitrogens with zero attached hydrogens (tertiary/aromatic N) is 2. The van der Waals surface area contributed by atoms with Crippen LogP contribution >= 0.6 is 0 Å². The number of β-amino-alcohol motifs (C(OH)–C–C–N with tert-alkyl or cyclic N) is 1. The van der Waals surface area contributed by atoms with E-state index in [1.807, 2.05) is 17.0 Å². The number of Topliss-reactive ketones (excluding diaryl/α,β-unsaturated/α-hetero) is 1. The summed E-state index contributed by atoms with van der Waals surface area (Å²) in [5.41, 5.74) is 3.72. The number of esters is 1. The lowest BCUT2D eigenvalue weighted by Gasteiger charge is -2.31. The van der Waals surface area contributed by atoms with Crippen molar-refractivity contribution in [1.29, 1.82) is 0 Å². The number of methoxy groups -OCH3 is 1. The van der Waals surface area contributed by atoms with Gasteiger partial charge in [0.25, 0.3) is 0 Å². The number of hydrogen-bond acceptors (Lipinski definition) is 6. The van der Waals surface area contributed by atoms with Gasteiger partial charge < -0.3 is 14.7 Å². The predicted molar refractivity (Wildman–Crippen MR) is 89.0 cm³/mol. The minimum Gasteiger partial charge on any atom is -0.465 e. The summed E-state index contributed by atoms with van der Waals surface area (Å²) in [4.78, 5) is 29.9. The third-order valence-corrected chi connectivity index (χ3v) is 4.01. The van der Waals surface area contributed by atoms with Crippen molar-refractivity contribution in [2.75, 3.05) is 31.7 Å². The van der Waals surface area contributed by atoms with Gasteiger partial charge in [0, 0.05) is 18.3 Å². The lowest BCUT2D eigenvalue weighted by molar-refractivity contribution is -0.117. The number of hydrogen-bond donors (Lipinski definition) is 1. The molecule has 1 N–H and O–H groups in total. The van der Waals surface area contributed by atoms with Gasteiger partial charge in [-0.2, -0.15) is 0 Å². The van der Waals surface area contributed by atoms with Crippen LogP contribution in [0.5, 0.6) is 0 Å². The smallest absolute Gasteiger partial charge is 0.337 e. The zero-order chi connectivity index (χ0) is 17.1. The number of carbonyl (C=O) groups is 2. The Morgan fingerprint density at radius 2 is 2.21 bits per heavy atom. The molecule has 0 fully saturated rings. The van der Waals surface area contributed by atoms with Gasteiger partial charge in [0.05, 0.1) is 43.6 Å². The van der Waals surface area contributed by atoms with Gasteiger partial charge in [-0.05, 0) is 23.8 Å². The number of aliphatic hydroxyl groups excluding tert-OH is 1. The van der Waals surface area contributed by atoms with E-state index < -0.39 is 5.97 Å². The van der Waals surface area contributed by atoms with Gasteiger partial charge >= 0.3 is 5.97 Å². The molecule has 0 bridgehead atoms. The lowest BCUT2D eigenvalue weighted by Crippen LogP contribution is -2.38. The molecule has 124 valence electrons. The molecule has 0 saturated carbocycles. The zero-order valence-corrected chi connectivity index (χ0v) is 13.4. The molecule has 3 rings (SSSR count). The molecule has 1 aromatic carbocycles. The van der Waals surface area contributed by atoms with Crippen molar-refractivity contribution in [3.63, 3.8) is 0 Å². The molecule has 0 radical (unpaired) electrons.